The maximum Gasteiger partial charge on any atom is 0.200 e. The van der Waals surface area contributed by atoms with Crippen molar-refractivity contribution < 1.29 is 35.3 Å². The van der Waals surface area contributed by atoms with E-state index in [0.717, 1.165) is 50.8 Å². The fourth-order valence-corrected chi connectivity index (χ4v) is 7.74. The largest absolute Gasteiger partial charge is 0.744 e. The van der Waals surface area contributed by atoms with Crippen LogP contribution in [0.2, 0.25) is 0 Å². The van der Waals surface area contributed by atoms with E-state index < -0.39 is 20.2 Å². The molecule has 12 heteroatoms. The number of ether oxygens (including phenoxy) is 1. The summed E-state index contributed by atoms with van der Waals surface area (Å²) in [4.78, 5) is -0.505. The summed E-state index contributed by atoms with van der Waals surface area (Å²) >= 11 is 0. The summed E-state index contributed by atoms with van der Waals surface area (Å²) in [6.07, 6.45) is 8.85. The third kappa shape index (κ3) is 10.5. The molecule has 1 atom stereocenters. The number of benzene rings is 5. The smallest absolute Gasteiger partial charge is 0.200 e. The van der Waals surface area contributed by atoms with Gasteiger partial charge < -0.3 is 24.5 Å². The Kier molecular flexibility index (Phi) is 12.9. The van der Waals surface area contributed by atoms with Gasteiger partial charge in [-0.1, -0.05) is 55.5 Å². The van der Waals surface area contributed by atoms with Gasteiger partial charge in [0.15, 0.2) is 12.3 Å². The van der Waals surface area contributed by atoms with Crippen LogP contribution in [-0.2, 0) is 26.8 Å². The molecule has 0 bridgehead atoms. The SMILES string of the molecule is CCOc1ccc(Nc2ccc(C(=C3C=CC(=[N+](CC)Cc4cccc(S(=O)(=O)[O-])c4)C=C3)c3ccc(NC(CC)c4cccc(S(=O)(=O)[O-])c4)cc3)cc2)cc1. The highest BCUT2D eigenvalue weighted by atomic mass is 32.2. The molecule has 0 amide bonds. The van der Waals surface area contributed by atoms with Gasteiger partial charge in [-0.25, -0.2) is 21.4 Å². The summed E-state index contributed by atoms with van der Waals surface area (Å²) in [7, 11) is -9.15. The molecule has 0 aliphatic heterocycles. The van der Waals surface area contributed by atoms with Crippen molar-refractivity contribution >= 4 is 48.6 Å². The van der Waals surface area contributed by atoms with Crippen molar-refractivity contribution in [1.82, 2.24) is 0 Å². The Labute approximate surface area is 335 Å². The van der Waals surface area contributed by atoms with E-state index in [4.69, 9.17) is 4.74 Å². The highest BCUT2D eigenvalue weighted by Crippen LogP contribution is 2.33. The molecule has 0 saturated carbocycles. The quantitative estimate of drug-likeness (QED) is 0.0782. The van der Waals surface area contributed by atoms with Gasteiger partial charge in [0.05, 0.1) is 22.4 Å². The molecule has 0 heterocycles. The molecule has 57 heavy (non-hydrogen) atoms. The van der Waals surface area contributed by atoms with Gasteiger partial charge in [-0.15, -0.1) is 0 Å². The van der Waals surface area contributed by atoms with E-state index in [9.17, 15) is 25.9 Å². The van der Waals surface area contributed by atoms with Crippen LogP contribution in [0.5, 0.6) is 5.75 Å². The van der Waals surface area contributed by atoms with E-state index in [1.807, 2.05) is 99.7 Å². The van der Waals surface area contributed by atoms with Crippen LogP contribution >= 0.6 is 0 Å². The van der Waals surface area contributed by atoms with Gasteiger partial charge in [-0.3, -0.25) is 0 Å². The summed E-state index contributed by atoms with van der Waals surface area (Å²) in [6.45, 7) is 7.63. The Morgan fingerprint density at radius 3 is 1.75 bits per heavy atom. The molecule has 0 aromatic heterocycles. The molecule has 0 saturated heterocycles. The molecule has 1 unspecified atom stereocenters. The van der Waals surface area contributed by atoms with Crippen LogP contribution in [0.1, 0.15) is 55.5 Å². The molecular formula is C45H44N3O7S2-. The topological polar surface area (TPSA) is 151 Å². The van der Waals surface area contributed by atoms with Crippen molar-refractivity contribution in [2.24, 2.45) is 0 Å². The second kappa shape index (κ2) is 18.0. The number of allylic oxidation sites excluding steroid dienone is 5. The maximum absolute atomic E-state index is 11.7. The second-order valence-electron chi connectivity index (χ2n) is 13.4. The minimum absolute atomic E-state index is 0.224. The fraction of sp³-hybridized carbons (Fsp3) is 0.178. The monoisotopic (exact) mass is 802 g/mol. The highest BCUT2D eigenvalue weighted by molar-refractivity contribution is 7.86. The summed E-state index contributed by atoms with van der Waals surface area (Å²) in [5.41, 5.74) is 8.97. The van der Waals surface area contributed by atoms with Crippen molar-refractivity contribution in [3.05, 3.63) is 173 Å². The van der Waals surface area contributed by atoms with Crippen molar-refractivity contribution in [2.45, 2.75) is 49.6 Å². The Bertz CT molecular complexity index is 2540. The predicted molar refractivity (Wildman–Crippen MR) is 223 cm³/mol. The minimum atomic E-state index is -4.58. The molecule has 294 valence electrons. The predicted octanol–water partition coefficient (Wildman–Crippen LogP) is 8.80. The van der Waals surface area contributed by atoms with Crippen LogP contribution < -0.4 is 15.4 Å². The lowest BCUT2D eigenvalue weighted by Crippen LogP contribution is -2.19. The minimum Gasteiger partial charge on any atom is -0.744 e. The first kappa shape index (κ1) is 40.9. The number of hydrogen-bond acceptors (Lipinski definition) is 9. The average molecular weight is 803 g/mol. The van der Waals surface area contributed by atoms with Crippen molar-refractivity contribution in [3.8, 4) is 5.75 Å². The van der Waals surface area contributed by atoms with Crippen LogP contribution in [0.3, 0.4) is 0 Å². The van der Waals surface area contributed by atoms with Gasteiger partial charge >= 0.3 is 0 Å². The molecule has 6 rings (SSSR count). The molecular weight excluding hydrogens is 759 g/mol. The van der Waals surface area contributed by atoms with Crippen LogP contribution in [0, 0.1) is 0 Å². The maximum atomic E-state index is 11.7. The Balaban J connectivity index is 1.32. The van der Waals surface area contributed by atoms with Gasteiger partial charge in [-0.05, 0) is 133 Å². The third-order valence-corrected chi connectivity index (χ3v) is 11.2. The fourth-order valence-electron chi connectivity index (χ4n) is 6.67. The summed E-state index contributed by atoms with van der Waals surface area (Å²) < 4.78 is 77.7. The van der Waals surface area contributed by atoms with E-state index in [1.165, 1.54) is 24.3 Å². The van der Waals surface area contributed by atoms with E-state index in [-0.39, 0.29) is 15.8 Å². The lowest BCUT2D eigenvalue weighted by atomic mass is 9.90. The van der Waals surface area contributed by atoms with E-state index in [2.05, 4.69) is 39.5 Å². The standard InChI is InChI=1S/C45H45N3O7S2/c1-4-44(36-10-8-12-43(30-36)57(52,53)54)47-39-21-15-34(16-22-39)45(33-13-19-37(20-14-33)46-38-23-27-41(28-24-38)55-6-3)35-17-25-40(26-18-35)48(5-2)31-32-9-7-11-42(29-32)56(49,50)51/h7-30,44H,4-6,31H2,1-3H3,(H3,46,47,49,50,51,52,53,54)/p-1. The van der Waals surface area contributed by atoms with Gasteiger partial charge in [0.2, 0.25) is 0 Å². The molecule has 10 nitrogen and oxygen atoms in total. The first-order valence-corrected chi connectivity index (χ1v) is 21.5. The normalized spacial score (nSPS) is 13.3. The van der Waals surface area contributed by atoms with Crippen molar-refractivity contribution in [2.75, 3.05) is 23.8 Å². The van der Waals surface area contributed by atoms with Crippen LogP contribution in [0.25, 0.3) is 5.57 Å². The summed E-state index contributed by atoms with van der Waals surface area (Å²) in [6, 6.07) is 36.1. The van der Waals surface area contributed by atoms with Gasteiger partial charge in [0, 0.05) is 34.8 Å². The molecule has 1 aliphatic carbocycles. The zero-order chi connectivity index (χ0) is 40.6. The van der Waals surface area contributed by atoms with Gasteiger partial charge in [0.25, 0.3) is 0 Å². The van der Waals surface area contributed by atoms with E-state index in [1.54, 1.807) is 18.2 Å². The Hall–Kier alpha value is -5.79. The first-order valence-electron chi connectivity index (χ1n) is 18.6. The third-order valence-electron chi connectivity index (χ3n) is 9.56. The first-order chi connectivity index (χ1) is 27.3. The summed E-state index contributed by atoms with van der Waals surface area (Å²) in [5, 5.41) is 6.94. The van der Waals surface area contributed by atoms with Crippen molar-refractivity contribution in [1.29, 1.82) is 0 Å². The Morgan fingerprint density at radius 1 is 0.667 bits per heavy atom. The Morgan fingerprint density at radius 2 is 1.21 bits per heavy atom. The molecule has 5 aromatic carbocycles. The van der Waals surface area contributed by atoms with Gasteiger partial charge in [0.1, 0.15) is 32.5 Å². The van der Waals surface area contributed by atoms with Crippen molar-refractivity contribution in [3.63, 3.8) is 0 Å². The van der Waals surface area contributed by atoms with Gasteiger partial charge in [-0.2, -0.15) is 0 Å². The van der Waals surface area contributed by atoms with Crippen LogP contribution in [0.4, 0.5) is 17.1 Å². The molecule has 0 radical (unpaired) electrons. The van der Waals surface area contributed by atoms with E-state index >= 15 is 0 Å². The second-order valence-corrected chi connectivity index (χ2v) is 16.2. The van der Waals surface area contributed by atoms with Crippen LogP contribution in [0.15, 0.2) is 161 Å². The number of hydrogen-bond donors (Lipinski definition) is 2. The average Bonchev–Trinajstić information content (AvgIpc) is 3.21. The highest BCUT2D eigenvalue weighted by Gasteiger charge is 2.18. The summed E-state index contributed by atoms with van der Waals surface area (Å²) in [5.74, 6) is 0.810. The molecule has 0 fully saturated rings. The molecule has 2 N–H and O–H groups in total. The molecule has 0 spiro atoms. The lowest BCUT2D eigenvalue weighted by Gasteiger charge is -2.21. The molecule has 1 aliphatic rings. The number of rotatable bonds is 15. The number of anilines is 3. The van der Waals surface area contributed by atoms with E-state index in [0.29, 0.717) is 37.2 Å². The zero-order valence-electron chi connectivity index (χ0n) is 31.9. The lowest BCUT2D eigenvalue weighted by molar-refractivity contribution is -0.539. The van der Waals surface area contributed by atoms with Crippen LogP contribution in [-0.4, -0.2) is 49.4 Å². The zero-order valence-corrected chi connectivity index (χ0v) is 33.5. The molecule has 5 aromatic rings. The number of nitrogens with zero attached hydrogens (tertiary/aromatic N) is 1. The number of nitrogens with one attached hydrogen (secondary N) is 2.